The molecular weight excluding hydrogens is 482 g/mol. The Morgan fingerprint density at radius 1 is 1.03 bits per heavy atom. The molecule has 5 rings (SSSR count). The molecule has 36 heavy (non-hydrogen) atoms. The molecule has 9 heteroatoms. The van der Waals surface area contributed by atoms with E-state index in [-0.39, 0.29) is 23.6 Å². The number of halogens is 1. The minimum Gasteiger partial charge on any atom is -0.444 e. The molecule has 8 nitrogen and oxygen atoms in total. The fourth-order valence-electron chi connectivity index (χ4n) is 6.03. The van der Waals surface area contributed by atoms with Crippen molar-refractivity contribution in [1.82, 2.24) is 14.7 Å². The summed E-state index contributed by atoms with van der Waals surface area (Å²) in [6.45, 7) is 11.3. The van der Waals surface area contributed by atoms with Crippen LogP contribution in [0.3, 0.4) is 0 Å². The van der Waals surface area contributed by atoms with E-state index in [1.807, 2.05) is 42.7 Å². The Morgan fingerprint density at radius 2 is 1.81 bits per heavy atom. The molecule has 3 fully saturated rings. The number of urea groups is 1. The number of ether oxygens (including phenoxy) is 3. The Morgan fingerprint density at radius 3 is 2.56 bits per heavy atom. The van der Waals surface area contributed by atoms with Crippen molar-refractivity contribution in [1.29, 1.82) is 0 Å². The number of amides is 3. The first kappa shape index (κ1) is 25.6. The van der Waals surface area contributed by atoms with E-state index in [9.17, 15) is 9.59 Å². The van der Waals surface area contributed by atoms with Gasteiger partial charge in [0.15, 0.2) is 0 Å². The second-order valence-corrected chi connectivity index (χ2v) is 12.1. The minimum absolute atomic E-state index is 0.105. The molecule has 4 aliphatic rings. The van der Waals surface area contributed by atoms with Crippen LogP contribution in [0.1, 0.15) is 62.8 Å². The summed E-state index contributed by atoms with van der Waals surface area (Å²) in [7, 11) is 0. The van der Waals surface area contributed by atoms with Gasteiger partial charge in [0.1, 0.15) is 5.60 Å². The molecule has 0 bridgehead atoms. The van der Waals surface area contributed by atoms with Gasteiger partial charge in [0.2, 0.25) is 0 Å². The first-order valence-electron chi connectivity index (χ1n) is 13.1. The van der Waals surface area contributed by atoms with Crippen molar-refractivity contribution in [3.63, 3.8) is 0 Å². The monoisotopic (exact) mass is 519 g/mol. The molecule has 0 N–H and O–H groups in total. The molecule has 4 aliphatic heterocycles. The topological polar surface area (TPSA) is 71.5 Å². The predicted octanol–water partition coefficient (Wildman–Crippen LogP) is 4.63. The van der Waals surface area contributed by atoms with Crippen LogP contribution in [0.25, 0.3) is 0 Å². The van der Waals surface area contributed by atoms with E-state index in [0.29, 0.717) is 37.9 Å². The average molecular weight is 520 g/mol. The molecule has 0 radical (unpaired) electrons. The zero-order valence-corrected chi connectivity index (χ0v) is 22.4. The Labute approximate surface area is 218 Å². The van der Waals surface area contributed by atoms with Crippen LogP contribution in [-0.2, 0) is 27.2 Å². The molecule has 1 spiro atoms. The Balaban J connectivity index is 1.37. The van der Waals surface area contributed by atoms with Gasteiger partial charge in [-0.3, -0.25) is 4.90 Å². The number of hydrogen-bond donors (Lipinski definition) is 0. The van der Waals surface area contributed by atoms with Crippen molar-refractivity contribution < 1.29 is 23.8 Å². The number of carbonyl (C=O) groups excluding carboxylic acids is 2. The molecule has 1 unspecified atom stereocenters. The van der Waals surface area contributed by atoms with Crippen LogP contribution in [0.2, 0.25) is 5.02 Å². The third-order valence-corrected chi connectivity index (χ3v) is 8.21. The van der Waals surface area contributed by atoms with Gasteiger partial charge in [-0.15, -0.1) is 0 Å². The highest BCUT2D eigenvalue weighted by atomic mass is 35.5. The van der Waals surface area contributed by atoms with E-state index in [1.54, 1.807) is 4.90 Å². The van der Waals surface area contributed by atoms with E-state index in [4.69, 9.17) is 25.8 Å². The zero-order chi connectivity index (χ0) is 25.5. The summed E-state index contributed by atoms with van der Waals surface area (Å²) in [5, 5.41) is 0.638. The van der Waals surface area contributed by atoms with Gasteiger partial charge in [-0.25, -0.2) is 9.59 Å². The minimum atomic E-state index is -0.589. The van der Waals surface area contributed by atoms with Gasteiger partial charge in [-0.05, 0) is 80.7 Å². The van der Waals surface area contributed by atoms with E-state index in [1.165, 1.54) is 0 Å². The fraction of sp³-hybridized carbons (Fsp3) is 0.704. The van der Waals surface area contributed by atoms with Crippen LogP contribution >= 0.6 is 11.6 Å². The molecule has 0 saturated carbocycles. The lowest BCUT2D eigenvalue weighted by atomic mass is 9.80. The summed E-state index contributed by atoms with van der Waals surface area (Å²) in [6, 6.07) is 3.72. The quantitative estimate of drug-likeness (QED) is 0.541. The molecule has 1 aromatic rings. The van der Waals surface area contributed by atoms with E-state index in [0.717, 1.165) is 68.7 Å². The highest BCUT2D eigenvalue weighted by molar-refractivity contribution is 6.30. The molecule has 198 valence electrons. The van der Waals surface area contributed by atoms with Crippen molar-refractivity contribution in [2.24, 2.45) is 5.41 Å². The lowest BCUT2D eigenvalue weighted by molar-refractivity contribution is -0.0334. The number of nitrogens with zero attached hydrogens (tertiary/aromatic N) is 3. The first-order chi connectivity index (χ1) is 17.1. The number of morpholine rings is 1. The Hall–Kier alpha value is -2.03. The Kier molecular flexibility index (Phi) is 7.13. The summed E-state index contributed by atoms with van der Waals surface area (Å²) in [5.74, 6) is 0. The molecular formula is C27H38ClN3O5. The predicted molar refractivity (Wildman–Crippen MR) is 136 cm³/mol. The van der Waals surface area contributed by atoms with Gasteiger partial charge in [-0.2, -0.15) is 0 Å². The normalized spacial score (nSPS) is 24.1. The number of likely N-dealkylation sites (tertiary alicyclic amines) is 1. The highest BCUT2D eigenvalue weighted by Crippen LogP contribution is 2.41. The SMILES string of the molecule is CC(C)(C)OC(=O)N1CCOCC1c1cc(Cl)cc2c1CN(C(=O)N1CCC3(CCOCC3)C1)CC2. The first-order valence-corrected chi connectivity index (χ1v) is 13.5. The highest BCUT2D eigenvalue weighted by Gasteiger charge is 2.43. The number of fused-ring (bicyclic) bond motifs is 1. The maximum absolute atomic E-state index is 13.6. The largest absolute Gasteiger partial charge is 0.444 e. The third-order valence-electron chi connectivity index (χ3n) is 7.99. The van der Waals surface area contributed by atoms with Crippen molar-refractivity contribution >= 4 is 23.7 Å². The average Bonchev–Trinajstić information content (AvgIpc) is 3.25. The number of benzene rings is 1. The summed E-state index contributed by atoms with van der Waals surface area (Å²) >= 11 is 6.55. The van der Waals surface area contributed by atoms with Crippen molar-refractivity contribution in [2.75, 3.05) is 52.6 Å². The molecule has 4 heterocycles. The van der Waals surface area contributed by atoms with Gasteiger partial charge >= 0.3 is 12.1 Å². The van der Waals surface area contributed by atoms with Gasteiger partial charge in [0.05, 0.1) is 19.3 Å². The number of rotatable bonds is 1. The summed E-state index contributed by atoms with van der Waals surface area (Å²) in [5.41, 5.74) is 2.78. The van der Waals surface area contributed by atoms with Gasteiger partial charge in [0.25, 0.3) is 0 Å². The van der Waals surface area contributed by atoms with Crippen LogP contribution in [0.4, 0.5) is 9.59 Å². The lowest BCUT2D eigenvalue weighted by Crippen LogP contribution is -2.48. The number of hydrogen-bond acceptors (Lipinski definition) is 5. The van der Waals surface area contributed by atoms with E-state index >= 15 is 0 Å². The Bertz CT molecular complexity index is 1000. The maximum Gasteiger partial charge on any atom is 0.410 e. The summed E-state index contributed by atoms with van der Waals surface area (Å²) < 4.78 is 17.1. The molecule has 1 aromatic carbocycles. The molecule has 0 aliphatic carbocycles. The fourth-order valence-corrected chi connectivity index (χ4v) is 6.28. The van der Waals surface area contributed by atoms with Crippen LogP contribution in [-0.4, -0.2) is 85.0 Å². The smallest absolute Gasteiger partial charge is 0.410 e. The van der Waals surface area contributed by atoms with Crippen molar-refractivity contribution in [3.05, 3.63) is 33.8 Å². The van der Waals surface area contributed by atoms with E-state index in [2.05, 4.69) is 0 Å². The number of carbonyl (C=O) groups is 2. The van der Waals surface area contributed by atoms with Gasteiger partial charge < -0.3 is 24.0 Å². The van der Waals surface area contributed by atoms with Crippen molar-refractivity contribution in [2.45, 2.75) is 64.6 Å². The standard InChI is InChI=1S/C27H38ClN3O5/c1-26(2,3)36-25(33)31-10-13-35-17-23(31)21-15-20(28)14-19-4-8-29(16-22(19)21)24(32)30-9-5-27(18-30)6-11-34-12-7-27/h14-15,23H,4-13,16-18H2,1-3H3. The van der Waals surface area contributed by atoms with Gasteiger partial charge in [-0.1, -0.05) is 11.6 Å². The maximum atomic E-state index is 13.6. The summed E-state index contributed by atoms with van der Waals surface area (Å²) in [4.78, 5) is 32.4. The van der Waals surface area contributed by atoms with Crippen LogP contribution < -0.4 is 0 Å². The van der Waals surface area contributed by atoms with Gasteiger partial charge in [0, 0.05) is 51.0 Å². The second kappa shape index (κ2) is 10.0. The van der Waals surface area contributed by atoms with E-state index < -0.39 is 5.60 Å². The molecule has 1 atom stereocenters. The zero-order valence-electron chi connectivity index (χ0n) is 21.7. The summed E-state index contributed by atoms with van der Waals surface area (Å²) in [6.07, 6.45) is 3.50. The van der Waals surface area contributed by atoms with Crippen LogP contribution in [0, 0.1) is 5.41 Å². The molecule has 0 aromatic heterocycles. The van der Waals surface area contributed by atoms with Crippen molar-refractivity contribution in [3.8, 4) is 0 Å². The third kappa shape index (κ3) is 5.31. The van der Waals surface area contributed by atoms with Crippen LogP contribution in [0.5, 0.6) is 0 Å². The molecule has 3 saturated heterocycles. The molecule has 3 amide bonds. The lowest BCUT2D eigenvalue weighted by Gasteiger charge is -2.40. The van der Waals surface area contributed by atoms with Crippen LogP contribution in [0.15, 0.2) is 12.1 Å². The second-order valence-electron chi connectivity index (χ2n) is 11.6.